The van der Waals surface area contributed by atoms with Crippen molar-refractivity contribution in [2.45, 2.75) is 6.92 Å². The molecule has 0 bridgehead atoms. The van der Waals surface area contributed by atoms with Crippen molar-refractivity contribution in [3.63, 3.8) is 0 Å². The Morgan fingerprint density at radius 2 is 1.41 bits per heavy atom. The number of para-hydroxylation sites is 1. The Morgan fingerprint density at radius 1 is 0.688 bits per heavy atom. The molecular formula is C26H18ClNO4. The number of aryl methyl sites for hydroxylation is 1. The number of pyridine rings is 1. The van der Waals surface area contributed by atoms with E-state index in [2.05, 4.69) is 0 Å². The van der Waals surface area contributed by atoms with E-state index in [1.165, 1.54) is 6.07 Å². The molecule has 0 saturated carbocycles. The lowest BCUT2D eigenvalue weighted by Crippen LogP contribution is -2.63. The first kappa shape index (κ1) is 20.4. The van der Waals surface area contributed by atoms with Gasteiger partial charge in [0, 0.05) is 10.9 Å². The number of hydrogen-bond acceptors (Lipinski definition) is 5. The molecule has 1 aromatic heterocycles. The maximum absolute atomic E-state index is 11.3. The van der Waals surface area contributed by atoms with Crippen molar-refractivity contribution in [3.8, 4) is 28.0 Å². The van der Waals surface area contributed by atoms with Crippen LogP contribution < -0.4 is 18.3 Å². The summed E-state index contributed by atoms with van der Waals surface area (Å²) in [5, 5.41) is 1.28. The Kier molecular flexibility index (Phi) is 5.04. The summed E-state index contributed by atoms with van der Waals surface area (Å²) < 4.78 is 38.7. The Hall–Kier alpha value is -3.48. The molecule has 0 unspecified atom stereocenters. The molecule has 0 aliphatic heterocycles. The van der Waals surface area contributed by atoms with E-state index in [0.29, 0.717) is 10.9 Å². The molecule has 158 valence electrons. The van der Waals surface area contributed by atoms with Crippen molar-refractivity contribution in [2.24, 2.45) is 0 Å². The maximum Gasteiger partial charge on any atom is 0.297 e. The molecule has 0 amide bonds. The van der Waals surface area contributed by atoms with Crippen LogP contribution in [0.25, 0.3) is 44.1 Å². The molecule has 0 aliphatic rings. The quantitative estimate of drug-likeness (QED) is 0.397. The van der Waals surface area contributed by atoms with Gasteiger partial charge < -0.3 is 0 Å². The molecule has 0 N–H and O–H groups in total. The summed E-state index contributed by atoms with van der Waals surface area (Å²) in [6, 6.07) is 28.8. The third-order valence-corrected chi connectivity index (χ3v) is 5.80. The van der Waals surface area contributed by atoms with Gasteiger partial charge in [-0.15, -0.1) is 0 Å². The van der Waals surface area contributed by atoms with Crippen LogP contribution >= 0.6 is 0 Å². The molecule has 4 aromatic carbocycles. The first-order valence-corrected chi connectivity index (χ1v) is 11.2. The summed E-state index contributed by atoms with van der Waals surface area (Å²) in [6.07, 6.45) is 0. The predicted molar refractivity (Wildman–Crippen MR) is 115 cm³/mol. The molecule has 32 heavy (non-hydrogen) atoms. The Morgan fingerprint density at radius 3 is 2.16 bits per heavy atom. The maximum atomic E-state index is 11.3. The minimum Gasteiger partial charge on any atom is -0.247 e. The van der Waals surface area contributed by atoms with Gasteiger partial charge >= 0.3 is 0 Å². The van der Waals surface area contributed by atoms with Crippen LogP contribution in [0.1, 0.15) is 5.56 Å². The standard InChI is InChI=1S/C26H18ClNO4/c1-17-8-7-11-19-16-23-24(32-27(29,30)31)15-14-22(26(23)28-25(17)19)21-13-6-5-12-20(21)18-9-3-2-4-10-18/h2-16H,1H3. The molecular weight excluding hydrogens is 426 g/mol. The van der Waals surface area contributed by atoms with Gasteiger partial charge in [-0.2, -0.15) is 14.0 Å². The Labute approximate surface area is 186 Å². The van der Waals surface area contributed by atoms with Crippen molar-refractivity contribution >= 4 is 21.8 Å². The fraction of sp³-hybridized carbons (Fsp3) is 0.0385. The van der Waals surface area contributed by atoms with Gasteiger partial charge in [0.15, 0.2) is 0 Å². The SMILES string of the molecule is Cc1cccc2cc3c(O[Cl+3]([O-])([O-])[O-])ccc(-c4ccccc4-c4ccccc4)c3nc12. The van der Waals surface area contributed by atoms with E-state index < -0.39 is 10.2 Å². The first-order chi connectivity index (χ1) is 15.4. The molecule has 1 heterocycles. The van der Waals surface area contributed by atoms with E-state index in [1.54, 1.807) is 6.07 Å². The first-order valence-electron chi connectivity index (χ1n) is 9.99. The Balaban J connectivity index is 1.84. The summed E-state index contributed by atoms with van der Waals surface area (Å²) in [4.78, 5) is 4.90. The van der Waals surface area contributed by atoms with Crippen LogP contribution in [-0.4, -0.2) is 4.98 Å². The van der Waals surface area contributed by atoms with Gasteiger partial charge in [-0.05, 0) is 47.4 Å². The highest BCUT2D eigenvalue weighted by Crippen LogP contribution is 2.40. The topological polar surface area (TPSA) is 91.3 Å². The Bertz CT molecular complexity index is 1450. The van der Waals surface area contributed by atoms with Gasteiger partial charge in [0.2, 0.25) is 0 Å². The third-order valence-electron chi connectivity index (χ3n) is 5.45. The minimum absolute atomic E-state index is 0.0477. The molecule has 0 aliphatic carbocycles. The second-order valence-corrected chi connectivity index (χ2v) is 8.42. The van der Waals surface area contributed by atoms with Crippen molar-refractivity contribution < 1.29 is 28.5 Å². The van der Waals surface area contributed by atoms with Gasteiger partial charge in [-0.3, -0.25) is 0 Å². The van der Waals surface area contributed by atoms with Crippen LogP contribution in [0.3, 0.4) is 0 Å². The van der Waals surface area contributed by atoms with Crippen molar-refractivity contribution in [3.05, 3.63) is 96.6 Å². The third kappa shape index (κ3) is 3.79. The zero-order valence-corrected chi connectivity index (χ0v) is 17.9. The van der Waals surface area contributed by atoms with Crippen LogP contribution in [0.4, 0.5) is 0 Å². The fourth-order valence-electron chi connectivity index (χ4n) is 4.04. The molecule has 5 nitrogen and oxygen atoms in total. The van der Waals surface area contributed by atoms with Crippen LogP contribution in [-0.2, 0) is 0 Å². The molecule has 0 saturated heterocycles. The van der Waals surface area contributed by atoms with Crippen LogP contribution in [0, 0.1) is 17.2 Å². The largest absolute Gasteiger partial charge is 0.297 e. The number of halogens is 1. The second-order valence-electron chi connectivity index (χ2n) is 7.51. The van der Waals surface area contributed by atoms with E-state index >= 15 is 0 Å². The minimum atomic E-state index is -4.64. The number of hydrogen-bond donors (Lipinski definition) is 0. The monoisotopic (exact) mass is 443 g/mol. The van der Waals surface area contributed by atoms with Crippen LogP contribution in [0.5, 0.6) is 5.75 Å². The summed E-state index contributed by atoms with van der Waals surface area (Å²) in [6.45, 7) is 1.97. The van der Waals surface area contributed by atoms with E-state index in [1.807, 2.05) is 85.8 Å². The van der Waals surface area contributed by atoms with Crippen molar-refractivity contribution in [2.75, 3.05) is 0 Å². The zero-order valence-electron chi connectivity index (χ0n) is 17.1. The summed E-state index contributed by atoms with van der Waals surface area (Å²) >= 11 is 0. The molecule has 6 heteroatoms. The van der Waals surface area contributed by atoms with E-state index in [4.69, 9.17) is 9.27 Å². The summed E-state index contributed by atoms with van der Waals surface area (Å²) in [5.74, 6) is -0.0477. The number of benzene rings is 4. The normalized spacial score (nSPS) is 11.8. The van der Waals surface area contributed by atoms with Crippen molar-refractivity contribution in [1.29, 1.82) is 0 Å². The molecule has 5 rings (SSSR count). The summed E-state index contributed by atoms with van der Waals surface area (Å²) in [5.41, 5.74) is 6.19. The van der Waals surface area contributed by atoms with E-state index in [9.17, 15) is 14.0 Å². The number of fused-ring (bicyclic) bond motifs is 2. The van der Waals surface area contributed by atoms with Crippen LogP contribution in [0.2, 0.25) is 0 Å². The van der Waals surface area contributed by atoms with Crippen LogP contribution in [0.15, 0.2) is 91.0 Å². The lowest BCUT2D eigenvalue weighted by Gasteiger charge is -2.16. The van der Waals surface area contributed by atoms with Crippen molar-refractivity contribution in [1.82, 2.24) is 4.98 Å². The predicted octanol–water partition coefficient (Wildman–Crippen LogP) is 3.31. The van der Waals surface area contributed by atoms with Gasteiger partial charge in [0.25, 0.3) is 5.75 Å². The molecule has 0 fully saturated rings. The van der Waals surface area contributed by atoms with Gasteiger partial charge in [0.05, 0.1) is 16.4 Å². The summed E-state index contributed by atoms with van der Waals surface area (Å²) in [7, 11) is -4.64. The average Bonchev–Trinajstić information content (AvgIpc) is 2.78. The number of aromatic nitrogens is 1. The smallest absolute Gasteiger partial charge is 0.247 e. The van der Waals surface area contributed by atoms with Gasteiger partial charge in [-0.1, -0.05) is 77.1 Å². The molecule has 0 radical (unpaired) electrons. The lowest BCUT2D eigenvalue weighted by molar-refractivity contribution is -1.91. The zero-order chi connectivity index (χ0) is 22.3. The highest BCUT2D eigenvalue weighted by Gasteiger charge is 2.24. The highest BCUT2D eigenvalue weighted by atomic mass is 35.7. The van der Waals surface area contributed by atoms with Gasteiger partial charge in [-0.25, -0.2) is 4.98 Å². The van der Waals surface area contributed by atoms with E-state index in [0.717, 1.165) is 38.7 Å². The number of rotatable bonds is 4. The molecule has 0 atom stereocenters. The second kappa shape index (κ2) is 7.89. The van der Waals surface area contributed by atoms with E-state index in [-0.39, 0.29) is 5.75 Å². The fourth-order valence-corrected chi connectivity index (χ4v) is 4.38. The molecule has 5 aromatic rings. The highest BCUT2D eigenvalue weighted by molar-refractivity contribution is 6.05. The average molecular weight is 444 g/mol. The molecule has 0 spiro atoms. The lowest BCUT2D eigenvalue weighted by atomic mass is 9.92. The number of nitrogens with zero attached hydrogens (tertiary/aromatic N) is 1. The van der Waals surface area contributed by atoms with Gasteiger partial charge in [0.1, 0.15) is 10.2 Å².